The first kappa shape index (κ1) is 23.3. The molecule has 0 aromatic heterocycles. The summed E-state index contributed by atoms with van der Waals surface area (Å²) in [4.78, 5) is 38.9. The summed E-state index contributed by atoms with van der Waals surface area (Å²) in [7, 11) is 0. The summed E-state index contributed by atoms with van der Waals surface area (Å²) < 4.78 is 0. The molecule has 0 unspecified atom stereocenters. The molecular weight excluding hydrogens is 430 g/mol. The van der Waals surface area contributed by atoms with E-state index in [1.807, 2.05) is 24.3 Å². The number of para-hydroxylation sites is 1. The van der Waals surface area contributed by atoms with Gasteiger partial charge in [0, 0.05) is 35.7 Å². The van der Waals surface area contributed by atoms with Crippen molar-refractivity contribution in [3.8, 4) is 0 Å². The van der Waals surface area contributed by atoms with Crippen LogP contribution in [-0.4, -0.2) is 53.6 Å². The Morgan fingerprint density at radius 2 is 1.91 bits per heavy atom. The number of fused-ring (bicyclic) bond motifs is 1. The van der Waals surface area contributed by atoms with Crippen molar-refractivity contribution in [3.05, 3.63) is 59.7 Å². The van der Waals surface area contributed by atoms with Gasteiger partial charge in [-0.1, -0.05) is 36.4 Å². The Kier molecular flexibility index (Phi) is 7.85. The van der Waals surface area contributed by atoms with Gasteiger partial charge in [0.05, 0.1) is 18.3 Å². The monoisotopic (exact) mass is 455 g/mol. The van der Waals surface area contributed by atoms with Gasteiger partial charge in [-0.15, -0.1) is 11.8 Å². The van der Waals surface area contributed by atoms with Gasteiger partial charge in [-0.2, -0.15) is 0 Å². The standard InChI is InChI=1S/C22H25N5O4S/c23-21(24)15-7-5-14(6-8-15)11-26-19(28)9-10-27-17-3-1-2-4-18(17)32-13-16(22(27)31)25-12-20(29)30/h1-8,16,25H,9-13H2,(H3,23,24)(H,26,28)(H,29,30)/t16-/m0/s1. The number of carboxylic acid groups (broad SMARTS) is 1. The minimum absolute atomic E-state index is 0.0164. The lowest BCUT2D eigenvalue weighted by molar-refractivity contribution is -0.136. The predicted octanol–water partition coefficient (Wildman–Crippen LogP) is 1.16. The number of nitrogen functional groups attached to an aromatic ring is 1. The third kappa shape index (κ3) is 6.08. The number of carbonyl (C=O) groups is 3. The minimum Gasteiger partial charge on any atom is -0.480 e. The van der Waals surface area contributed by atoms with Gasteiger partial charge in [0.1, 0.15) is 5.84 Å². The van der Waals surface area contributed by atoms with Gasteiger partial charge in [0.2, 0.25) is 11.8 Å². The molecule has 0 fully saturated rings. The molecule has 168 valence electrons. The first-order valence-corrected chi connectivity index (χ1v) is 11.0. The molecule has 2 amide bonds. The molecule has 0 radical (unpaired) electrons. The number of rotatable bonds is 9. The maximum atomic E-state index is 13.1. The summed E-state index contributed by atoms with van der Waals surface area (Å²) in [5, 5.41) is 22.0. The highest BCUT2D eigenvalue weighted by molar-refractivity contribution is 7.99. The molecule has 6 N–H and O–H groups in total. The molecule has 0 bridgehead atoms. The number of amides is 2. The van der Waals surface area contributed by atoms with Crippen molar-refractivity contribution in [1.29, 1.82) is 5.41 Å². The highest BCUT2D eigenvalue weighted by Crippen LogP contribution is 2.34. The lowest BCUT2D eigenvalue weighted by Crippen LogP contribution is -2.49. The SMILES string of the molecule is N=C(N)c1ccc(CNC(=O)CCN2C(=O)[C@@H](NCC(=O)O)CSc3ccccc32)cc1. The summed E-state index contributed by atoms with van der Waals surface area (Å²) in [5.74, 6) is -1.11. The molecule has 9 nitrogen and oxygen atoms in total. The van der Waals surface area contributed by atoms with E-state index >= 15 is 0 Å². The number of benzene rings is 2. The number of hydrogen-bond acceptors (Lipinski definition) is 6. The van der Waals surface area contributed by atoms with E-state index in [-0.39, 0.29) is 37.2 Å². The van der Waals surface area contributed by atoms with E-state index < -0.39 is 12.0 Å². The lowest BCUT2D eigenvalue weighted by Gasteiger charge is -2.25. The van der Waals surface area contributed by atoms with Gasteiger partial charge in [0.25, 0.3) is 0 Å². The Morgan fingerprint density at radius 3 is 2.59 bits per heavy atom. The zero-order valence-corrected chi connectivity index (χ0v) is 18.2. The van der Waals surface area contributed by atoms with Gasteiger partial charge in [-0.25, -0.2) is 0 Å². The largest absolute Gasteiger partial charge is 0.480 e. The van der Waals surface area contributed by atoms with Crippen LogP contribution in [0, 0.1) is 5.41 Å². The molecule has 1 atom stereocenters. The van der Waals surface area contributed by atoms with E-state index in [4.69, 9.17) is 16.2 Å². The fourth-order valence-electron chi connectivity index (χ4n) is 3.25. The Bertz CT molecular complexity index is 1010. The summed E-state index contributed by atoms with van der Waals surface area (Å²) in [6, 6.07) is 13.8. The number of nitrogens with two attached hydrogens (primary N) is 1. The maximum absolute atomic E-state index is 13.1. The van der Waals surface area contributed by atoms with Crippen molar-refractivity contribution in [1.82, 2.24) is 10.6 Å². The molecule has 2 aromatic carbocycles. The van der Waals surface area contributed by atoms with Gasteiger partial charge in [-0.3, -0.25) is 25.1 Å². The van der Waals surface area contributed by atoms with Crippen molar-refractivity contribution in [2.75, 3.05) is 23.7 Å². The Hall–Kier alpha value is -3.37. The zero-order chi connectivity index (χ0) is 23.1. The van der Waals surface area contributed by atoms with Crippen LogP contribution in [0.25, 0.3) is 0 Å². The van der Waals surface area contributed by atoms with Gasteiger partial charge in [-0.05, 0) is 17.7 Å². The van der Waals surface area contributed by atoms with Crippen molar-refractivity contribution in [2.24, 2.45) is 5.73 Å². The number of nitrogens with zero attached hydrogens (tertiary/aromatic N) is 1. The number of carbonyl (C=O) groups excluding carboxylic acids is 2. The van der Waals surface area contributed by atoms with Crippen LogP contribution in [0.2, 0.25) is 0 Å². The van der Waals surface area contributed by atoms with Crippen LogP contribution in [0.5, 0.6) is 0 Å². The fraction of sp³-hybridized carbons (Fsp3) is 0.273. The number of thioether (sulfide) groups is 1. The molecule has 0 saturated heterocycles. The molecule has 1 heterocycles. The predicted molar refractivity (Wildman–Crippen MR) is 123 cm³/mol. The topological polar surface area (TPSA) is 149 Å². The average Bonchev–Trinajstić information content (AvgIpc) is 2.91. The van der Waals surface area contributed by atoms with E-state index in [1.54, 1.807) is 29.2 Å². The first-order chi connectivity index (χ1) is 15.3. The normalized spacial score (nSPS) is 15.6. The van der Waals surface area contributed by atoms with E-state index in [0.29, 0.717) is 17.9 Å². The molecular formula is C22H25N5O4S. The average molecular weight is 456 g/mol. The quantitative estimate of drug-likeness (QED) is 0.281. The summed E-state index contributed by atoms with van der Waals surface area (Å²) in [6.07, 6.45) is 0.0991. The van der Waals surface area contributed by atoms with Crippen LogP contribution in [-0.2, 0) is 20.9 Å². The fourth-order valence-corrected chi connectivity index (χ4v) is 4.35. The number of nitrogens with one attached hydrogen (secondary N) is 3. The maximum Gasteiger partial charge on any atom is 0.317 e. The summed E-state index contributed by atoms with van der Waals surface area (Å²) >= 11 is 1.48. The molecule has 0 spiro atoms. The second-order valence-corrected chi connectivity index (χ2v) is 8.29. The van der Waals surface area contributed by atoms with E-state index in [1.165, 1.54) is 11.8 Å². The Balaban J connectivity index is 1.62. The van der Waals surface area contributed by atoms with E-state index in [9.17, 15) is 14.4 Å². The second-order valence-electron chi connectivity index (χ2n) is 7.23. The van der Waals surface area contributed by atoms with Crippen LogP contribution >= 0.6 is 11.8 Å². The van der Waals surface area contributed by atoms with E-state index in [2.05, 4.69) is 10.6 Å². The van der Waals surface area contributed by atoms with Crippen molar-refractivity contribution in [3.63, 3.8) is 0 Å². The number of aliphatic carboxylic acids is 1. The molecule has 0 aliphatic carbocycles. The van der Waals surface area contributed by atoms with Crippen molar-refractivity contribution >= 4 is 41.1 Å². The molecule has 0 saturated carbocycles. The third-order valence-electron chi connectivity index (χ3n) is 4.94. The van der Waals surface area contributed by atoms with Crippen molar-refractivity contribution in [2.45, 2.75) is 23.9 Å². The minimum atomic E-state index is -1.04. The Morgan fingerprint density at radius 1 is 1.19 bits per heavy atom. The van der Waals surface area contributed by atoms with Crippen LogP contribution in [0.4, 0.5) is 5.69 Å². The van der Waals surface area contributed by atoms with E-state index in [0.717, 1.165) is 16.1 Å². The van der Waals surface area contributed by atoms with Crippen molar-refractivity contribution < 1.29 is 19.5 Å². The number of amidine groups is 1. The van der Waals surface area contributed by atoms with Crippen LogP contribution in [0.1, 0.15) is 17.5 Å². The highest BCUT2D eigenvalue weighted by Gasteiger charge is 2.31. The first-order valence-electron chi connectivity index (χ1n) is 10.0. The molecule has 2 aromatic rings. The number of anilines is 1. The van der Waals surface area contributed by atoms with Crippen LogP contribution in [0.3, 0.4) is 0 Å². The third-order valence-corrected chi connectivity index (χ3v) is 6.10. The Labute approximate surface area is 189 Å². The smallest absolute Gasteiger partial charge is 0.317 e. The van der Waals surface area contributed by atoms with Gasteiger partial charge in [0.15, 0.2) is 0 Å². The molecule has 32 heavy (non-hydrogen) atoms. The van der Waals surface area contributed by atoms with Gasteiger partial charge >= 0.3 is 5.97 Å². The summed E-state index contributed by atoms with van der Waals surface area (Å²) in [6.45, 7) is 0.182. The zero-order valence-electron chi connectivity index (χ0n) is 17.3. The van der Waals surface area contributed by atoms with Crippen LogP contribution in [0.15, 0.2) is 53.4 Å². The second kappa shape index (κ2) is 10.8. The molecule has 1 aliphatic heterocycles. The molecule has 1 aliphatic rings. The van der Waals surface area contributed by atoms with Crippen LogP contribution < -0.4 is 21.3 Å². The lowest BCUT2D eigenvalue weighted by atomic mass is 10.1. The number of hydrogen-bond donors (Lipinski definition) is 5. The highest BCUT2D eigenvalue weighted by atomic mass is 32.2. The molecule has 10 heteroatoms. The van der Waals surface area contributed by atoms with Gasteiger partial charge < -0.3 is 21.1 Å². The molecule has 3 rings (SSSR count). The summed E-state index contributed by atoms with van der Waals surface area (Å²) in [5.41, 5.74) is 7.64. The number of carboxylic acids is 1.